The Kier molecular flexibility index (Phi) is 13.5. The van der Waals surface area contributed by atoms with Gasteiger partial charge in [-0.15, -0.1) is 0 Å². The van der Waals surface area contributed by atoms with Crippen molar-refractivity contribution < 1.29 is 19.1 Å². The van der Waals surface area contributed by atoms with E-state index in [4.69, 9.17) is 20.2 Å². The van der Waals surface area contributed by atoms with Gasteiger partial charge in [0.2, 0.25) is 11.8 Å². The van der Waals surface area contributed by atoms with Crippen LogP contribution in [0.1, 0.15) is 28.8 Å². The second-order valence-electron chi connectivity index (χ2n) is 14.1. The van der Waals surface area contributed by atoms with Crippen LogP contribution in [0.15, 0.2) is 158 Å². The Morgan fingerprint density at radius 3 is 1.75 bits per heavy atom. The Hall–Kier alpha value is -6.99. The molecular formula is C47H48N8O4S. The zero-order chi connectivity index (χ0) is 41.8. The number of ether oxygens (including phenoxy) is 2. The van der Waals surface area contributed by atoms with E-state index in [9.17, 15) is 9.59 Å². The quantitative estimate of drug-likeness (QED) is 0.104. The van der Waals surface area contributed by atoms with E-state index >= 15 is 0 Å². The molecule has 5 aromatic carbocycles. The third kappa shape index (κ3) is 9.99. The van der Waals surface area contributed by atoms with E-state index in [0.717, 1.165) is 64.3 Å². The van der Waals surface area contributed by atoms with Crippen LogP contribution in [-0.4, -0.2) is 70.2 Å². The number of fused-ring (bicyclic) bond motifs is 1. The average molecular weight is 821 g/mol. The number of aromatic nitrogens is 4. The number of hydrogen-bond acceptors (Lipinski definition) is 9. The molecule has 60 heavy (non-hydrogen) atoms. The molecule has 1 atom stereocenters. The van der Waals surface area contributed by atoms with Crippen LogP contribution in [0, 0.1) is 0 Å². The second-order valence-corrected chi connectivity index (χ2v) is 15.1. The lowest BCUT2D eigenvalue weighted by Crippen LogP contribution is -2.39. The molecule has 12 nitrogen and oxygen atoms in total. The van der Waals surface area contributed by atoms with Gasteiger partial charge in [0.05, 0.1) is 43.8 Å². The summed E-state index contributed by atoms with van der Waals surface area (Å²) >= 11 is 1.32. The summed E-state index contributed by atoms with van der Waals surface area (Å²) in [5.74, 6) is 2.94. The highest BCUT2D eigenvalue weighted by Crippen LogP contribution is 2.44. The molecule has 0 fully saturated rings. The molecule has 0 saturated carbocycles. The molecule has 7 aromatic rings. The first-order valence-corrected chi connectivity index (χ1v) is 20.3. The standard InChI is InChI=1S/C29H30N6O3S.C18H18N2O/c1-32(28(37)20-35-25-11-7-6-10-24(25)34(39-35)19-27(30)36)26(18-21-8-4-3-5-9-21)29-31-16-17-33(29)22-12-14-23(38-2)15-13-22;1-21-17-10-8-16(9-11-17)20-14-13-19-18(20)12-7-15-5-3-2-4-6-15/h3-17,26H,18-20H2,1-2H3,(H2,30,36);2-6,8-11,13-14H,7,12H2,1H3. The van der Waals surface area contributed by atoms with Crippen LogP contribution in [0.3, 0.4) is 0 Å². The van der Waals surface area contributed by atoms with Crippen LogP contribution >= 0.6 is 12.1 Å². The Labute approximate surface area is 355 Å². The molecule has 306 valence electrons. The lowest BCUT2D eigenvalue weighted by atomic mass is 10.0. The molecule has 2 N–H and O–H groups in total. The van der Waals surface area contributed by atoms with E-state index in [2.05, 4.69) is 45.9 Å². The third-order valence-electron chi connectivity index (χ3n) is 10.2. The minimum atomic E-state index is -0.434. The Morgan fingerprint density at radius 1 is 0.650 bits per heavy atom. The number of amides is 2. The number of anilines is 2. The largest absolute Gasteiger partial charge is 0.497 e. The van der Waals surface area contributed by atoms with Gasteiger partial charge >= 0.3 is 0 Å². The Balaban J connectivity index is 0.000000218. The highest BCUT2D eigenvalue weighted by atomic mass is 32.2. The van der Waals surface area contributed by atoms with Crippen molar-refractivity contribution in [2.75, 3.05) is 43.0 Å². The first-order chi connectivity index (χ1) is 29.3. The van der Waals surface area contributed by atoms with E-state index in [1.807, 2.05) is 136 Å². The fourth-order valence-corrected chi connectivity index (χ4v) is 8.11. The van der Waals surface area contributed by atoms with Gasteiger partial charge in [-0.3, -0.25) is 18.2 Å². The van der Waals surface area contributed by atoms with Crippen LogP contribution in [0.4, 0.5) is 11.4 Å². The minimum absolute atomic E-state index is 0.0537. The number of benzene rings is 5. The normalized spacial score (nSPS) is 12.2. The number of para-hydroxylation sites is 2. The van der Waals surface area contributed by atoms with Crippen molar-refractivity contribution in [1.82, 2.24) is 24.0 Å². The van der Waals surface area contributed by atoms with E-state index in [-0.39, 0.29) is 25.0 Å². The number of aryl methyl sites for hydroxylation is 2. The number of primary amides is 1. The number of imidazole rings is 2. The molecule has 0 saturated heterocycles. The molecule has 0 spiro atoms. The molecule has 2 amide bonds. The molecule has 8 rings (SSSR count). The number of hydrogen-bond donors (Lipinski definition) is 1. The Bertz CT molecular complexity index is 2460. The second kappa shape index (κ2) is 19.6. The van der Waals surface area contributed by atoms with Crippen LogP contribution < -0.4 is 23.8 Å². The minimum Gasteiger partial charge on any atom is -0.497 e. The van der Waals surface area contributed by atoms with Crippen molar-refractivity contribution in [2.24, 2.45) is 5.73 Å². The summed E-state index contributed by atoms with van der Waals surface area (Å²) < 4.78 is 18.4. The summed E-state index contributed by atoms with van der Waals surface area (Å²) in [7, 11) is 5.13. The van der Waals surface area contributed by atoms with Crippen molar-refractivity contribution in [1.29, 1.82) is 0 Å². The fraction of sp³-hybridized carbons (Fsp3) is 0.191. The van der Waals surface area contributed by atoms with Gasteiger partial charge in [-0.25, -0.2) is 9.97 Å². The third-order valence-corrected chi connectivity index (χ3v) is 11.2. The summed E-state index contributed by atoms with van der Waals surface area (Å²) in [6, 6.07) is 43.7. The lowest BCUT2D eigenvalue weighted by Gasteiger charge is -2.30. The maximum absolute atomic E-state index is 13.8. The van der Waals surface area contributed by atoms with Crippen LogP contribution in [0.5, 0.6) is 11.5 Å². The first kappa shape index (κ1) is 41.2. The van der Waals surface area contributed by atoms with Gasteiger partial charge in [0.1, 0.15) is 36.2 Å². The van der Waals surface area contributed by atoms with Crippen molar-refractivity contribution in [3.8, 4) is 22.9 Å². The SMILES string of the molecule is COc1ccc(-n2ccnc2C(Cc2ccccc2)N(C)C(=O)CN2SN(CC(N)=O)c3ccccc32)cc1.COc1ccc(-n2ccnc2CCc2ccccc2)cc1. The van der Waals surface area contributed by atoms with Gasteiger partial charge in [-0.2, -0.15) is 0 Å². The van der Waals surface area contributed by atoms with Gasteiger partial charge in [-0.1, -0.05) is 72.8 Å². The van der Waals surface area contributed by atoms with Gasteiger partial charge in [0.15, 0.2) is 0 Å². The zero-order valence-electron chi connectivity index (χ0n) is 33.9. The van der Waals surface area contributed by atoms with Crippen molar-refractivity contribution in [3.63, 3.8) is 0 Å². The van der Waals surface area contributed by atoms with Gasteiger partial charge in [0, 0.05) is 56.1 Å². The predicted molar refractivity (Wildman–Crippen MR) is 238 cm³/mol. The average Bonchev–Trinajstić information content (AvgIpc) is 4.05. The lowest BCUT2D eigenvalue weighted by molar-refractivity contribution is -0.130. The predicted octanol–water partition coefficient (Wildman–Crippen LogP) is 7.66. The number of likely N-dealkylation sites (N-methyl/N-ethyl adjacent to an activating group) is 1. The molecule has 1 aliphatic rings. The monoisotopic (exact) mass is 820 g/mol. The summed E-state index contributed by atoms with van der Waals surface area (Å²) in [6.45, 7) is 0.167. The summed E-state index contributed by atoms with van der Waals surface area (Å²) in [6.07, 6.45) is 10.0. The maximum atomic E-state index is 13.8. The molecule has 0 radical (unpaired) electrons. The highest BCUT2D eigenvalue weighted by molar-refractivity contribution is 8.02. The van der Waals surface area contributed by atoms with Gasteiger partial charge < -0.3 is 29.2 Å². The van der Waals surface area contributed by atoms with Crippen LogP contribution in [0.25, 0.3) is 11.4 Å². The molecular weight excluding hydrogens is 773 g/mol. The molecule has 2 aromatic heterocycles. The molecule has 3 heterocycles. The molecule has 0 aliphatic carbocycles. The van der Waals surface area contributed by atoms with E-state index in [1.165, 1.54) is 17.7 Å². The van der Waals surface area contributed by atoms with Crippen LogP contribution in [-0.2, 0) is 28.9 Å². The smallest absolute Gasteiger partial charge is 0.243 e. The Morgan fingerprint density at radius 2 is 1.17 bits per heavy atom. The molecule has 1 aliphatic heterocycles. The highest BCUT2D eigenvalue weighted by Gasteiger charge is 2.33. The molecule has 0 bridgehead atoms. The number of carbonyl (C=O) groups is 2. The number of nitrogens with two attached hydrogens (primary N) is 1. The first-order valence-electron chi connectivity index (χ1n) is 19.6. The van der Waals surface area contributed by atoms with E-state index in [1.54, 1.807) is 25.3 Å². The number of methoxy groups -OCH3 is 2. The summed E-state index contributed by atoms with van der Waals surface area (Å²) in [5, 5.41) is 0. The summed E-state index contributed by atoms with van der Waals surface area (Å²) in [4.78, 5) is 36.4. The van der Waals surface area contributed by atoms with E-state index < -0.39 is 5.91 Å². The maximum Gasteiger partial charge on any atom is 0.243 e. The van der Waals surface area contributed by atoms with Gasteiger partial charge in [-0.05, 0) is 78.2 Å². The van der Waals surface area contributed by atoms with Gasteiger partial charge in [0.25, 0.3) is 0 Å². The number of carbonyl (C=O) groups excluding carboxylic acids is 2. The topological polar surface area (TPSA) is 124 Å². The van der Waals surface area contributed by atoms with Crippen LogP contribution in [0.2, 0.25) is 0 Å². The number of nitrogens with zero attached hydrogens (tertiary/aromatic N) is 7. The number of rotatable bonds is 15. The molecule has 1 unspecified atom stereocenters. The van der Waals surface area contributed by atoms with Crippen molar-refractivity contribution >= 4 is 35.3 Å². The van der Waals surface area contributed by atoms with E-state index in [0.29, 0.717) is 6.42 Å². The summed E-state index contributed by atoms with van der Waals surface area (Å²) in [5.41, 5.74) is 11.7. The van der Waals surface area contributed by atoms with Crippen molar-refractivity contribution in [2.45, 2.75) is 25.3 Å². The molecule has 13 heteroatoms. The fourth-order valence-electron chi connectivity index (χ4n) is 7.03. The zero-order valence-corrected chi connectivity index (χ0v) is 34.7. The van der Waals surface area contributed by atoms with Crippen molar-refractivity contribution in [3.05, 3.63) is 181 Å².